The van der Waals surface area contributed by atoms with E-state index in [0.717, 1.165) is 11.4 Å². The quantitative estimate of drug-likeness (QED) is 0.188. The van der Waals surface area contributed by atoms with Crippen LogP contribution in [0, 0.1) is 0 Å². The molecule has 0 unspecified atom stereocenters. The highest BCUT2D eigenvalue weighted by Crippen LogP contribution is 2.49. The number of para-hydroxylation sites is 1. The van der Waals surface area contributed by atoms with Crippen LogP contribution in [0.25, 0.3) is 62.6 Å². The summed E-state index contributed by atoms with van der Waals surface area (Å²) in [5.41, 5.74) is 8.42. The van der Waals surface area contributed by atoms with Crippen LogP contribution in [0.15, 0.2) is 164 Å². The number of hydrogen-bond donors (Lipinski definition) is 0. The van der Waals surface area contributed by atoms with Crippen LogP contribution in [0.3, 0.4) is 0 Å². The van der Waals surface area contributed by atoms with Gasteiger partial charge >= 0.3 is 0 Å². The fourth-order valence-electron chi connectivity index (χ4n) is 6.60. The van der Waals surface area contributed by atoms with E-state index in [2.05, 4.69) is 169 Å². The smallest absolute Gasteiger partial charge is 0.0718 e. The number of benzene rings is 7. The average Bonchev–Trinajstić information content (AvgIpc) is 3.69. The molecule has 0 aliphatic rings. The molecule has 2 aromatic heterocycles. The molecule has 0 aliphatic heterocycles. The fraction of sp³-hybridized carbons (Fsp3) is 0. The lowest BCUT2D eigenvalue weighted by Crippen LogP contribution is -2.11. The summed E-state index contributed by atoms with van der Waals surface area (Å²) >= 11 is 3.76. The van der Waals surface area contributed by atoms with Crippen molar-refractivity contribution < 1.29 is 0 Å². The third-order valence-electron chi connectivity index (χ3n) is 8.68. The Bertz CT molecular complexity index is 2470. The van der Waals surface area contributed by atoms with E-state index >= 15 is 0 Å². The maximum absolute atomic E-state index is 2.45. The van der Waals surface area contributed by atoms with E-state index in [4.69, 9.17) is 0 Å². The molecule has 0 amide bonds. The molecule has 0 spiro atoms. The lowest BCUT2D eigenvalue weighted by Gasteiger charge is -2.28. The van der Waals surface area contributed by atoms with Gasteiger partial charge < -0.3 is 4.90 Å². The minimum atomic E-state index is 1.13. The van der Waals surface area contributed by atoms with Crippen LogP contribution in [0.4, 0.5) is 17.1 Å². The Kier molecular flexibility index (Phi) is 6.26. The maximum atomic E-state index is 2.45. The first-order valence-electron chi connectivity index (χ1n) is 15.2. The van der Waals surface area contributed by atoms with Gasteiger partial charge in [-0.1, -0.05) is 127 Å². The minimum Gasteiger partial charge on any atom is -0.308 e. The molecule has 0 N–H and O–H groups in total. The Hall–Kier alpha value is -5.22. The van der Waals surface area contributed by atoms with Gasteiger partial charge in [-0.05, 0) is 53.1 Å². The van der Waals surface area contributed by atoms with Crippen LogP contribution in [-0.4, -0.2) is 0 Å². The highest BCUT2D eigenvalue weighted by molar-refractivity contribution is 7.26. The number of hydrogen-bond acceptors (Lipinski definition) is 3. The van der Waals surface area contributed by atoms with Gasteiger partial charge in [0, 0.05) is 52.6 Å². The zero-order valence-electron chi connectivity index (χ0n) is 24.4. The molecule has 0 bridgehead atoms. The third kappa shape index (κ3) is 4.35. The van der Waals surface area contributed by atoms with Crippen molar-refractivity contribution in [1.29, 1.82) is 0 Å². The van der Waals surface area contributed by atoms with Gasteiger partial charge in [0.05, 0.1) is 10.4 Å². The molecule has 2 heterocycles. The second-order valence-corrected chi connectivity index (χ2v) is 13.4. The molecule has 0 radical (unpaired) electrons. The van der Waals surface area contributed by atoms with Crippen LogP contribution in [0.1, 0.15) is 0 Å². The minimum absolute atomic E-state index is 1.13. The molecule has 0 fully saturated rings. The molecule has 0 saturated heterocycles. The van der Waals surface area contributed by atoms with Gasteiger partial charge in [-0.2, -0.15) is 0 Å². The van der Waals surface area contributed by atoms with Gasteiger partial charge in [0.1, 0.15) is 0 Å². The van der Waals surface area contributed by atoms with Crippen molar-refractivity contribution in [1.82, 2.24) is 0 Å². The first kappa shape index (κ1) is 26.2. The number of anilines is 3. The Morgan fingerprint density at radius 3 is 1.58 bits per heavy atom. The summed E-state index contributed by atoms with van der Waals surface area (Å²) in [6, 6.07) is 59.5. The highest BCUT2D eigenvalue weighted by Gasteiger charge is 2.22. The molecule has 1 nitrogen and oxygen atoms in total. The predicted octanol–water partition coefficient (Wildman–Crippen LogP) is 13.2. The van der Waals surface area contributed by atoms with E-state index in [1.165, 1.54) is 68.3 Å². The van der Waals surface area contributed by atoms with Crippen molar-refractivity contribution in [2.75, 3.05) is 4.90 Å². The zero-order chi connectivity index (χ0) is 29.7. The second kappa shape index (κ2) is 10.7. The number of thiophene rings is 2. The van der Waals surface area contributed by atoms with E-state index in [0.29, 0.717) is 0 Å². The lowest BCUT2D eigenvalue weighted by molar-refractivity contribution is 1.30. The molecule has 3 heteroatoms. The predicted molar refractivity (Wildman–Crippen MR) is 198 cm³/mol. The van der Waals surface area contributed by atoms with Crippen molar-refractivity contribution >= 4 is 80.1 Å². The molecular formula is C42H27NS2. The first-order chi connectivity index (χ1) is 22.3. The van der Waals surface area contributed by atoms with E-state index in [9.17, 15) is 0 Å². The van der Waals surface area contributed by atoms with E-state index in [1.54, 1.807) is 0 Å². The molecule has 9 rings (SSSR count). The topological polar surface area (TPSA) is 3.24 Å². The summed E-state index contributed by atoms with van der Waals surface area (Å²) in [6.45, 7) is 0. The largest absolute Gasteiger partial charge is 0.308 e. The fourth-order valence-corrected chi connectivity index (χ4v) is 9.07. The third-order valence-corrected chi connectivity index (χ3v) is 11.1. The van der Waals surface area contributed by atoms with Crippen LogP contribution < -0.4 is 4.90 Å². The summed E-state index contributed by atoms with van der Waals surface area (Å²) < 4.78 is 5.27. The maximum Gasteiger partial charge on any atom is 0.0718 e. The van der Waals surface area contributed by atoms with Gasteiger partial charge in [-0.3, -0.25) is 0 Å². The van der Waals surface area contributed by atoms with Gasteiger partial charge in [0.15, 0.2) is 0 Å². The van der Waals surface area contributed by atoms with Crippen LogP contribution in [0.5, 0.6) is 0 Å². The normalized spacial score (nSPS) is 11.6. The summed E-state index contributed by atoms with van der Waals surface area (Å²) in [4.78, 5) is 2.45. The van der Waals surface area contributed by atoms with Gasteiger partial charge in [0.25, 0.3) is 0 Å². The van der Waals surface area contributed by atoms with Crippen LogP contribution in [-0.2, 0) is 0 Å². The molecule has 0 aliphatic carbocycles. The van der Waals surface area contributed by atoms with E-state index in [-0.39, 0.29) is 0 Å². The Morgan fingerprint density at radius 2 is 0.867 bits per heavy atom. The number of nitrogens with zero attached hydrogens (tertiary/aromatic N) is 1. The summed E-state index contributed by atoms with van der Waals surface area (Å²) in [6.07, 6.45) is 0. The van der Waals surface area contributed by atoms with Crippen molar-refractivity contribution in [2.24, 2.45) is 0 Å². The summed E-state index contributed by atoms with van der Waals surface area (Å²) in [5.74, 6) is 0. The zero-order valence-corrected chi connectivity index (χ0v) is 26.0. The molecule has 45 heavy (non-hydrogen) atoms. The van der Waals surface area contributed by atoms with Gasteiger partial charge in [0.2, 0.25) is 0 Å². The average molecular weight is 610 g/mol. The van der Waals surface area contributed by atoms with Crippen LogP contribution >= 0.6 is 22.7 Å². The SMILES string of the molecule is c1ccc(-c2ccc3c(sc4ccccc43)c2N(c2ccccc2)c2ccc(-c3cccc4c3sc3ccccc34)cc2)cc1. The number of rotatable bonds is 5. The second-order valence-electron chi connectivity index (χ2n) is 11.3. The van der Waals surface area contributed by atoms with Crippen molar-refractivity contribution in [3.63, 3.8) is 0 Å². The van der Waals surface area contributed by atoms with Gasteiger partial charge in [-0.25, -0.2) is 0 Å². The Balaban J connectivity index is 1.27. The molecule has 0 saturated carbocycles. The molecule has 7 aromatic carbocycles. The Morgan fingerprint density at radius 1 is 0.333 bits per heavy atom. The highest BCUT2D eigenvalue weighted by atomic mass is 32.1. The molecule has 9 aromatic rings. The molecule has 0 atom stereocenters. The monoisotopic (exact) mass is 609 g/mol. The molecule has 212 valence electrons. The van der Waals surface area contributed by atoms with Crippen molar-refractivity contribution in [2.45, 2.75) is 0 Å². The van der Waals surface area contributed by atoms with E-state index < -0.39 is 0 Å². The Labute approximate surface area is 269 Å². The van der Waals surface area contributed by atoms with Crippen LogP contribution in [0.2, 0.25) is 0 Å². The van der Waals surface area contributed by atoms with Crippen molar-refractivity contribution in [3.8, 4) is 22.3 Å². The molecular weight excluding hydrogens is 583 g/mol. The van der Waals surface area contributed by atoms with E-state index in [1.807, 2.05) is 22.7 Å². The summed E-state index contributed by atoms with van der Waals surface area (Å²) in [5, 5.41) is 5.25. The lowest BCUT2D eigenvalue weighted by atomic mass is 9.98. The van der Waals surface area contributed by atoms with Gasteiger partial charge in [-0.15, -0.1) is 22.7 Å². The standard InChI is InChI=1S/C42H27NS2/c1-3-12-28(13-4-1)32-26-27-37-35-17-8-10-21-39(35)45-42(37)40(32)43(30-14-5-2-6-15-30)31-24-22-29(23-25-31)33-18-11-19-36-34-16-7-9-20-38(34)44-41(33)36/h1-27H. The van der Waals surface area contributed by atoms with Crippen molar-refractivity contribution in [3.05, 3.63) is 164 Å². The summed E-state index contributed by atoms with van der Waals surface area (Å²) in [7, 11) is 0. The first-order valence-corrected chi connectivity index (χ1v) is 16.8. The number of fused-ring (bicyclic) bond motifs is 6.